The van der Waals surface area contributed by atoms with Crippen LogP contribution in [0.3, 0.4) is 0 Å². The van der Waals surface area contributed by atoms with Gasteiger partial charge in [-0.2, -0.15) is 0 Å². The van der Waals surface area contributed by atoms with E-state index in [0.29, 0.717) is 12.1 Å². The summed E-state index contributed by atoms with van der Waals surface area (Å²) in [4.78, 5) is 11.8. The molecule has 3 heteroatoms. The highest BCUT2D eigenvalue weighted by molar-refractivity contribution is 6.02. The molecule has 0 atom stereocenters. The molecule has 0 aliphatic carbocycles. The van der Waals surface area contributed by atoms with Crippen molar-refractivity contribution in [1.82, 2.24) is 4.57 Å². The minimum Gasteiger partial charge on any atom is -0.366 e. The fourth-order valence-corrected chi connectivity index (χ4v) is 2.66. The van der Waals surface area contributed by atoms with Gasteiger partial charge in [-0.3, -0.25) is 4.79 Å². The van der Waals surface area contributed by atoms with Gasteiger partial charge in [-0.25, -0.2) is 0 Å². The number of nitrogens with zero attached hydrogens (tertiary/aromatic N) is 1. The third kappa shape index (κ3) is 2.27. The molecule has 20 heavy (non-hydrogen) atoms. The Kier molecular flexibility index (Phi) is 3.79. The van der Waals surface area contributed by atoms with Crippen LogP contribution in [0.4, 0.5) is 0 Å². The number of carbonyl (C=O) groups is 1. The summed E-state index contributed by atoms with van der Waals surface area (Å²) in [6, 6.07) is 8.14. The third-order valence-corrected chi connectivity index (χ3v) is 3.68. The third-order valence-electron chi connectivity index (χ3n) is 3.68. The highest BCUT2D eigenvalue weighted by Crippen LogP contribution is 2.32. The van der Waals surface area contributed by atoms with Crippen molar-refractivity contribution in [1.29, 1.82) is 0 Å². The van der Waals surface area contributed by atoms with Crippen LogP contribution in [0.2, 0.25) is 0 Å². The summed E-state index contributed by atoms with van der Waals surface area (Å²) in [5.74, 6) is -0.385. The molecule has 0 aliphatic heterocycles. The number of nitrogens with two attached hydrogens (primary N) is 1. The van der Waals surface area contributed by atoms with Gasteiger partial charge in [-0.1, -0.05) is 35.9 Å². The fraction of sp³-hybridized carbons (Fsp3) is 0.235. The minimum absolute atomic E-state index is 0.385. The predicted octanol–water partition coefficient (Wildman–Crippen LogP) is 3.37. The van der Waals surface area contributed by atoms with Gasteiger partial charge in [-0.05, 0) is 26.3 Å². The number of benzene rings is 1. The second kappa shape index (κ2) is 5.37. The van der Waals surface area contributed by atoms with E-state index in [4.69, 9.17) is 5.73 Å². The average molecular weight is 268 g/mol. The van der Waals surface area contributed by atoms with Crippen LogP contribution in [0.1, 0.15) is 27.3 Å². The Morgan fingerprint density at radius 3 is 2.30 bits per heavy atom. The SMILES string of the molecule is C=CCn1c(C)c(C(N)=O)c(-c2ccc(C)cc2)c1C. The number of aryl methyl sites for hydroxylation is 1. The van der Waals surface area contributed by atoms with Crippen molar-refractivity contribution >= 4 is 5.91 Å². The first-order chi connectivity index (χ1) is 9.47. The van der Waals surface area contributed by atoms with E-state index in [2.05, 4.69) is 11.1 Å². The van der Waals surface area contributed by atoms with Crippen LogP contribution < -0.4 is 5.73 Å². The number of carbonyl (C=O) groups excluding carboxylic acids is 1. The number of primary amides is 1. The van der Waals surface area contributed by atoms with E-state index in [1.807, 2.05) is 51.1 Å². The molecular weight excluding hydrogens is 248 g/mol. The van der Waals surface area contributed by atoms with E-state index in [1.165, 1.54) is 5.56 Å². The Morgan fingerprint density at radius 2 is 1.80 bits per heavy atom. The molecule has 1 heterocycles. The Balaban J connectivity index is 2.73. The van der Waals surface area contributed by atoms with Crippen LogP contribution in [-0.2, 0) is 6.54 Å². The fourth-order valence-electron chi connectivity index (χ4n) is 2.66. The molecule has 2 N–H and O–H groups in total. The summed E-state index contributed by atoms with van der Waals surface area (Å²) < 4.78 is 2.07. The van der Waals surface area contributed by atoms with Crippen LogP contribution in [-0.4, -0.2) is 10.5 Å². The van der Waals surface area contributed by atoms with E-state index in [9.17, 15) is 4.79 Å². The molecule has 1 aromatic heterocycles. The van der Waals surface area contributed by atoms with Gasteiger partial charge >= 0.3 is 0 Å². The standard InChI is InChI=1S/C17H20N2O/c1-5-10-19-12(3)15(16(13(19)4)17(18)20)14-8-6-11(2)7-9-14/h5-9H,1,10H2,2-4H3,(H2,18,20). The maximum absolute atomic E-state index is 11.8. The normalized spacial score (nSPS) is 10.6. The minimum atomic E-state index is -0.385. The van der Waals surface area contributed by atoms with E-state index in [-0.39, 0.29) is 5.91 Å². The Hall–Kier alpha value is -2.29. The molecule has 0 fully saturated rings. The summed E-state index contributed by atoms with van der Waals surface area (Å²) in [5, 5.41) is 0. The molecule has 2 aromatic rings. The van der Waals surface area contributed by atoms with E-state index in [1.54, 1.807) is 0 Å². The van der Waals surface area contributed by atoms with Crippen molar-refractivity contribution in [2.75, 3.05) is 0 Å². The smallest absolute Gasteiger partial charge is 0.251 e. The average Bonchev–Trinajstić information content (AvgIpc) is 2.65. The molecule has 1 aromatic carbocycles. The number of amides is 1. The van der Waals surface area contributed by atoms with Gasteiger partial charge in [0, 0.05) is 23.5 Å². The van der Waals surface area contributed by atoms with Crippen molar-refractivity contribution in [3.05, 3.63) is 59.4 Å². The summed E-state index contributed by atoms with van der Waals surface area (Å²) in [6.45, 7) is 10.4. The second-order valence-electron chi connectivity index (χ2n) is 5.05. The van der Waals surface area contributed by atoms with Gasteiger partial charge in [0.15, 0.2) is 0 Å². The molecule has 0 saturated heterocycles. The lowest BCUT2D eigenvalue weighted by atomic mass is 9.99. The zero-order valence-corrected chi connectivity index (χ0v) is 12.2. The Bertz CT molecular complexity index is 663. The molecule has 1 amide bonds. The highest BCUT2D eigenvalue weighted by Gasteiger charge is 2.21. The number of hydrogen-bond donors (Lipinski definition) is 1. The summed E-state index contributed by atoms with van der Waals surface area (Å²) in [5.41, 5.74) is 11.3. The van der Waals surface area contributed by atoms with Crippen molar-refractivity contribution in [2.24, 2.45) is 5.73 Å². The van der Waals surface area contributed by atoms with Gasteiger partial charge in [0.05, 0.1) is 5.56 Å². The maximum Gasteiger partial charge on any atom is 0.251 e. The molecular formula is C17H20N2O. The molecule has 2 rings (SSSR count). The van der Waals surface area contributed by atoms with Gasteiger partial charge in [0.1, 0.15) is 0 Å². The van der Waals surface area contributed by atoms with Crippen molar-refractivity contribution in [3.8, 4) is 11.1 Å². The van der Waals surface area contributed by atoms with Crippen molar-refractivity contribution in [2.45, 2.75) is 27.3 Å². The maximum atomic E-state index is 11.8. The lowest BCUT2D eigenvalue weighted by Crippen LogP contribution is -2.13. The first-order valence-corrected chi connectivity index (χ1v) is 6.64. The van der Waals surface area contributed by atoms with E-state index < -0.39 is 0 Å². The van der Waals surface area contributed by atoms with Gasteiger partial charge in [0.2, 0.25) is 0 Å². The van der Waals surface area contributed by atoms with Crippen LogP contribution in [0, 0.1) is 20.8 Å². The molecule has 0 saturated carbocycles. The topological polar surface area (TPSA) is 48.0 Å². The highest BCUT2D eigenvalue weighted by atomic mass is 16.1. The van der Waals surface area contributed by atoms with Gasteiger partial charge in [0.25, 0.3) is 5.91 Å². The first kappa shape index (κ1) is 14.1. The Labute approximate surface area is 119 Å². The predicted molar refractivity (Wildman–Crippen MR) is 82.8 cm³/mol. The monoisotopic (exact) mass is 268 g/mol. The van der Waals surface area contributed by atoms with Crippen molar-refractivity contribution in [3.63, 3.8) is 0 Å². The molecule has 0 unspecified atom stereocenters. The van der Waals surface area contributed by atoms with E-state index >= 15 is 0 Å². The zero-order chi connectivity index (χ0) is 14.9. The lowest BCUT2D eigenvalue weighted by Gasteiger charge is -2.06. The van der Waals surface area contributed by atoms with Crippen molar-refractivity contribution < 1.29 is 4.79 Å². The lowest BCUT2D eigenvalue weighted by molar-refractivity contribution is 0.1000. The largest absolute Gasteiger partial charge is 0.366 e. The van der Waals surface area contributed by atoms with E-state index in [0.717, 1.165) is 22.5 Å². The molecule has 0 bridgehead atoms. The number of aromatic nitrogens is 1. The molecule has 104 valence electrons. The zero-order valence-electron chi connectivity index (χ0n) is 12.2. The summed E-state index contributed by atoms with van der Waals surface area (Å²) in [6.07, 6.45) is 1.82. The number of rotatable bonds is 4. The second-order valence-corrected chi connectivity index (χ2v) is 5.05. The summed E-state index contributed by atoms with van der Waals surface area (Å²) in [7, 11) is 0. The molecule has 0 spiro atoms. The number of allylic oxidation sites excluding steroid dienone is 1. The van der Waals surface area contributed by atoms with Crippen LogP contribution >= 0.6 is 0 Å². The van der Waals surface area contributed by atoms with Gasteiger partial charge < -0.3 is 10.3 Å². The molecule has 0 radical (unpaired) electrons. The molecule has 3 nitrogen and oxygen atoms in total. The van der Waals surface area contributed by atoms with Crippen LogP contribution in [0.5, 0.6) is 0 Å². The van der Waals surface area contributed by atoms with Crippen LogP contribution in [0.25, 0.3) is 11.1 Å². The van der Waals surface area contributed by atoms with Crippen LogP contribution in [0.15, 0.2) is 36.9 Å². The Morgan fingerprint density at radius 1 is 1.20 bits per heavy atom. The quantitative estimate of drug-likeness (QED) is 0.849. The molecule has 0 aliphatic rings. The summed E-state index contributed by atoms with van der Waals surface area (Å²) >= 11 is 0. The van der Waals surface area contributed by atoms with Gasteiger partial charge in [-0.15, -0.1) is 6.58 Å². The first-order valence-electron chi connectivity index (χ1n) is 6.64. The number of hydrogen-bond acceptors (Lipinski definition) is 1.